The number of nitrogens with zero attached hydrogens (tertiary/aromatic N) is 3. The SMILES string of the molecule is CNC(=O)c1ccc(NC(C)c2cc(F)ccc2N2CCC(O)CC2)nn1. The summed E-state index contributed by atoms with van der Waals surface area (Å²) in [5.41, 5.74) is 1.98. The van der Waals surface area contributed by atoms with Crippen LogP contribution < -0.4 is 15.5 Å². The quantitative estimate of drug-likeness (QED) is 0.744. The van der Waals surface area contributed by atoms with E-state index < -0.39 is 0 Å². The standard InChI is InChI=1S/C19H24FN5O2/c1-12(22-18-6-4-16(23-24-18)19(27)21-2)15-11-13(20)3-5-17(15)25-9-7-14(26)8-10-25/h3-6,11-12,14,26H,7-10H2,1-2H3,(H,21,27)(H,22,24). The van der Waals surface area contributed by atoms with E-state index in [1.807, 2.05) is 6.92 Å². The van der Waals surface area contributed by atoms with Crippen molar-refractivity contribution in [3.05, 3.63) is 47.4 Å². The molecule has 0 aliphatic carbocycles. The molecular weight excluding hydrogens is 349 g/mol. The second-order valence-electron chi connectivity index (χ2n) is 6.67. The average molecular weight is 373 g/mol. The van der Waals surface area contributed by atoms with Gasteiger partial charge in [-0.1, -0.05) is 0 Å². The Labute approximate surface area is 157 Å². The smallest absolute Gasteiger partial charge is 0.271 e. The summed E-state index contributed by atoms with van der Waals surface area (Å²) in [5.74, 6) is -0.110. The predicted octanol–water partition coefficient (Wildman–Crippen LogP) is 2.11. The molecule has 1 amide bonds. The molecule has 0 saturated carbocycles. The van der Waals surface area contributed by atoms with Crippen LogP contribution in [0.25, 0.3) is 0 Å². The molecule has 3 N–H and O–H groups in total. The zero-order chi connectivity index (χ0) is 19.4. The van der Waals surface area contributed by atoms with Gasteiger partial charge in [-0.2, -0.15) is 0 Å². The molecule has 3 rings (SSSR count). The third-order valence-corrected chi connectivity index (χ3v) is 4.75. The van der Waals surface area contributed by atoms with Gasteiger partial charge in [0.2, 0.25) is 0 Å². The number of rotatable bonds is 5. The summed E-state index contributed by atoms with van der Waals surface area (Å²) < 4.78 is 13.9. The molecule has 7 nitrogen and oxygen atoms in total. The third-order valence-electron chi connectivity index (χ3n) is 4.75. The van der Waals surface area contributed by atoms with Crippen molar-refractivity contribution in [1.82, 2.24) is 15.5 Å². The number of benzene rings is 1. The Bertz CT molecular complexity index is 791. The van der Waals surface area contributed by atoms with Gasteiger partial charge in [-0.05, 0) is 50.1 Å². The maximum atomic E-state index is 13.9. The largest absolute Gasteiger partial charge is 0.393 e. The Morgan fingerprint density at radius 2 is 2.00 bits per heavy atom. The molecular formula is C19H24FN5O2. The lowest BCUT2D eigenvalue weighted by molar-refractivity contribution is 0.0957. The third kappa shape index (κ3) is 4.51. The van der Waals surface area contributed by atoms with Gasteiger partial charge in [0.15, 0.2) is 5.69 Å². The molecule has 27 heavy (non-hydrogen) atoms. The number of carbonyl (C=O) groups excluding carboxylic acids is 1. The summed E-state index contributed by atoms with van der Waals surface area (Å²) in [5, 5.41) is 23.4. The first kappa shape index (κ1) is 19.0. The fraction of sp³-hybridized carbons (Fsp3) is 0.421. The van der Waals surface area contributed by atoms with Gasteiger partial charge in [-0.3, -0.25) is 4.79 Å². The summed E-state index contributed by atoms with van der Waals surface area (Å²) in [7, 11) is 1.53. The van der Waals surface area contributed by atoms with Gasteiger partial charge < -0.3 is 20.6 Å². The molecule has 1 fully saturated rings. The van der Waals surface area contributed by atoms with Crippen LogP contribution in [-0.2, 0) is 0 Å². The number of hydrogen-bond acceptors (Lipinski definition) is 6. The van der Waals surface area contributed by atoms with Crippen LogP contribution in [0.4, 0.5) is 15.9 Å². The molecule has 2 heterocycles. The number of nitrogens with one attached hydrogen (secondary N) is 2. The first-order chi connectivity index (χ1) is 13.0. The fourth-order valence-electron chi connectivity index (χ4n) is 3.22. The van der Waals surface area contributed by atoms with E-state index in [0.717, 1.165) is 24.3 Å². The number of piperidine rings is 1. The van der Waals surface area contributed by atoms with Crippen molar-refractivity contribution in [1.29, 1.82) is 0 Å². The highest BCUT2D eigenvalue weighted by Gasteiger charge is 2.22. The lowest BCUT2D eigenvalue weighted by Crippen LogP contribution is -2.36. The van der Waals surface area contributed by atoms with Gasteiger partial charge in [0.1, 0.15) is 11.6 Å². The van der Waals surface area contributed by atoms with E-state index in [2.05, 4.69) is 25.7 Å². The van der Waals surface area contributed by atoms with Crippen LogP contribution in [0.2, 0.25) is 0 Å². The van der Waals surface area contributed by atoms with E-state index in [9.17, 15) is 14.3 Å². The first-order valence-corrected chi connectivity index (χ1v) is 9.02. The summed E-state index contributed by atoms with van der Waals surface area (Å²) in [6.07, 6.45) is 1.13. The van der Waals surface area contributed by atoms with Crippen molar-refractivity contribution in [2.24, 2.45) is 0 Å². The monoisotopic (exact) mass is 373 g/mol. The number of aliphatic hydroxyl groups is 1. The number of carbonyl (C=O) groups is 1. The van der Waals surface area contributed by atoms with E-state index in [-0.39, 0.29) is 29.6 Å². The van der Waals surface area contributed by atoms with Crippen LogP contribution in [-0.4, -0.2) is 47.5 Å². The molecule has 1 aromatic heterocycles. The van der Waals surface area contributed by atoms with E-state index in [1.165, 1.54) is 19.2 Å². The number of halogens is 1. The molecule has 1 atom stereocenters. The minimum Gasteiger partial charge on any atom is -0.393 e. The van der Waals surface area contributed by atoms with E-state index >= 15 is 0 Å². The highest BCUT2D eigenvalue weighted by molar-refractivity contribution is 5.91. The van der Waals surface area contributed by atoms with Crippen LogP contribution in [0, 0.1) is 5.82 Å². The topological polar surface area (TPSA) is 90.4 Å². The highest BCUT2D eigenvalue weighted by atomic mass is 19.1. The number of aromatic nitrogens is 2. The first-order valence-electron chi connectivity index (χ1n) is 9.02. The molecule has 1 saturated heterocycles. The van der Waals surface area contributed by atoms with Crippen LogP contribution in [0.5, 0.6) is 0 Å². The lowest BCUT2D eigenvalue weighted by Gasteiger charge is -2.34. The number of anilines is 2. The fourth-order valence-corrected chi connectivity index (χ4v) is 3.22. The number of hydrogen-bond donors (Lipinski definition) is 3. The molecule has 144 valence electrons. The Morgan fingerprint density at radius 1 is 1.26 bits per heavy atom. The Morgan fingerprint density at radius 3 is 2.63 bits per heavy atom. The number of aliphatic hydroxyl groups excluding tert-OH is 1. The van der Waals surface area contributed by atoms with Gasteiger partial charge in [0.25, 0.3) is 5.91 Å². The molecule has 0 radical (unpaired) electrons. The van der Waals surface area contributed by atoms with Crippen LogP contribution >= 0.6 is 0 Å². The van der Waals surface area contributed by atoms with Crippen molar-refractivity contribution in [3.63, 3.8) is 0 Å². The summed E-state index contributed by atoms with van der Waals surface area (Å²) in [4.78, 5) is 13.7. The Hall–Kier alpha value is -2.74. The second kappa shape index (κ2) is 8.30. The normalized spacial score (nSPS) is 16.1. The van der Waals surface area contributed by atoms with Crippen LogP contribution in [0.15, 0.2) is 30.3 Å². The van der Waals surface area contributed by atoms with Gasteiger partial charge in [0, 0.05) is 31.4 Å². The Kier molecular flexibility index (Phi) is 5.85. The minimum absolute atomic E-state index is 0.220. The van der Waals surface area contributed by atoms with E-state index in [4.69, 9.17) is 0 Å². The van der Waals surface area contributed by atoms with Crippen LogP contribution in [0.1, 0.15) is 41.9 Å². The molecule has 1 aromatic carbocycles. The van der Waals surface area contributed by atoms with Gasteiger partial charge >= 0.3 is 0 Å². The van der Waals surface area contributed by atoms with Crippen molar-refractivity contribution in [2.45, 2.75) is 31.9 Å². The summed E-state index contributed by atoms with van der Waals surface area (Å²) in [6.45, 7) is 3.38. The second-order valence-corrected chi connectivity index (χ2v) is 6.67. The lowest BCUT2D eigenvalue weighted by atomic mass is 10.0. The molecule has 0 bridgehead atoms. The van der Waals surface area contributed by atoms with E-state index in [1.54, 1.807) is 18.2 Å². The summed E-state index contributed by atoms with van der Waals surface area (Å²) in [6, 6.07) is 7.78. The Balaban J connectivity index is 1.78. The molecule has 1 aliphatic heterocycles. The van der Waals surface area contributed by atoms with Crippen molar-refractivity contribution in [3.8, 4) is 0 Å². The van der Waals surface area contributed by atoms with Crippen molar-refractivity contribution < 1.29 is 14.3 Å². The zero-order valence-electron chi connectivity index (χ0n) is 15.4. The molecule has 0 spiro atoms. The molecule has 1 unspecified atom stereocenters. The van der Waals surface area contributed by atoms with Crippen LogP contribution in [0.3, 0.4) is 0 Å². The van der Waals surface area contributed by atoms with Crippen molar-refractivity contribution in [2.75, 3.05) is 30.4 Å². The maximum absolute atomic E-state index is 13.9. The molecule has 1 aliphatic rings. The molecule has 2 aromatic rings. The van der Waals surface area contributed by atoms with E-state index in [0.29, 0.717) is 18.7 Å². The summed E-state index contributed by atoms with van der Waals surface area (Å²) >= 11 is 0. The predicted molar refractivity (Wildman–Crippen MR) is 101 cm³/mol. The van der Waals surface area contributed by atoms with Crippen molar-refractivity contribution >= 4 is 17.4 Å². The number of amides is 1. The maximum Gasteiger partial charge on any atom is 0.271 e. The highest BCUT2D eigenvalue weighted by Crippen LogP contribution is 2.31. The zero-order valence-corrected chi connectivity index (χ0v) is 15.4. The minimum atomic E-state index is -0.305. The molecule has 8 heteroatoms. The average Bonchev–Trinajstić information content (AvgIpc) is 2.68. The van der Waals surface area contributed by atoms with Gasteiger partial charge in [0.05, 0.1) is 12.1 Å². The van der Waals surface area contributed by atoms with Gasteiger partial charge in [-0.15, -0.1) is 10.2 Å². The van der Waals surface area contributed by atoms with Gasteiger partial charge in [-0.25, -0.2) is 4.39 Å².